The van der Waals surface area contributed by atoms with Crippen LogP contribution in [0.1, 0.15) is 12.5 Å². The number of nitrogens with one attached hydrogen (secondary N) is 1. The zero-order valence-corrected chi connectivity index (χ0v) is 15.4. The fraction of sp³-hybridized carbons (Fsp3) is 0.222. The summed E-state index contributed by atoms with van der Waals surface area (Å²) in [4.78, 5) is 25.7. The smallest absolute Gasteiger partial charge is 0.244 e. The van der Waals surface area contributed by atoms with Crippen LogP contribution in [0.5, 0.6) is 5.75 Å². The summed E-state index contributed by atoms with van der Waals surface area (Å²) in [5.74, 6) is 0.146. The number of hydrogen-bond acceptors (Lipinski definition) is 3. The number of carbonyl (C=O) groups excluding carboxylic acids is 2. The molecule has 0 saturated heterocycles. The molecule has 0 atom stereocenters. The number of aryl methyl sites for hydroxylation is 1. The van der Waals surface area contributed by atoms with Crippen LogP contribution in [0.4, 0.5) is 11.4 Å². The fourth-order valence-corrected chi connectivity index (χ4v) is 2.74. The van der Waals surface area contributed by atoms with Gasteiger partial charge in [-0.15, -0.1) is 0 Å². The Morgan fingerprint density at radius 1 is 1.21 bits per heavy atom. The second-order valence-electron chi connectivity index (χ2n) is 5.31. The van der Waals surface area contributed by atoms with Crippen LogP contribution in [0.15, 0.2) is 46.9 Å². The Labute approximate surface area is 149 Å². The van der Waals surface area contributed by atoms with Crippen LogP contribution in [0.3, 0.4) is 0 Å². The highest BCUT2D eigenvalue weighted by atomic mass is 79.9. The molecule has 0 saturated carbocycles. The summed E-state index contributed by atoms with van der Waals surface area (Å²) in [5.41, 5.74) is 2.27. The van der Waals surface area contributed by atoms with E-state index in [1.807, 2.05) is 25.1 Å². The van der Waals surface area contributed by atoms with E-state index in [-0.39, 0.29) is 18.4 Å². The van der Waals surface area contributed by atoms with Crippen molar-refractivity contribution in [2.75, 3.05) is 23.9 Å². The highest BCUT2D eigenvalue weighted by molar-refractivity contribution is 9.10. The van der Waals surface area contributed by atoms with E-state index < -0.39 is 0 Å². The van der Waals surface area contributed by atoms with Gasteiger partial charge in [0.25, 0.3) is 0 Å². The first kappa shape index (κ1) is 18.0. The summed E-state index contributed by atoms with van der Waals surface area (Å²) in [6.07, 6.45) is 0. The van der Waals surface area contributed by atoms with Crippen LogP contribution in [0.2, 0.25) is 0 Å². The molecule has 0 aliphatic heterocycles. The van der Waals surface area contributed by atoms with Crippen molar-refractivity contribution in [3.05, 3.63) is 52.5 Å². The van der Waals surface area contributed by atoms with E-state index in [0.717, 1.165) is 15.7 Å². The molecule has 0 aliphatic carbocycles. The van der Waals surface area contributed by atoms with E-state index in [2.05, 4.69) is 21.2 Å². The average Bonchev–Trinajstić information content (AvgIpc) is 2.55. The molecule has 2 amide bonds. The number of halogens is 1. The van der Waals surface area contributed by atoms with E-state index in [1.54, 1.807) is 31.4 Å². The third-order valence-corrected chi connectivity index (χ3v) is 4.00. The van der Waals surface area contributed by atoms with E-state index >= 15 is 0 Å². The van der Waals surface area contributed by atoms with Gasteiger partial charge in [-0.2, -0.15) is 0 Å². The Morgan fingerprint density at radius 2 is 1.96 bits per heavy atom. The Balaban J connectivity index is 2.15. The van der Waals surface area contributed by atoms with Gasteiger partial charge in [-0.1, -0.05) is 22.0 Å². The summed E-state index contributed by atoms with van der Waals surface area (Å²) in [6, 6.07) is 12.6. The lowest BCUT2D eigenvalue weighted by molar-refractivity contribution is -0.120. The molecule has 6 heteroatoms. The largest absolute Gasteiger partial charge is 0.497 e. The number of benzene rings is 2. The lowest BCUT2D eigenvalue weighted by Gasteiger charge is -2.21. The molecule has 0 bridgehead atoms. The van der Waals surface area contributed by atoms with Crippen LogP contribution in [-0.2, 0) is 9.59 Å². The number of carbonyl (C=O) groups is 2. The molecule has 0 spiro atoms. The summed E-state index contributed by atoms with van der Waals surface area (Å²) in [7, 11) is 1.56. The van der Waals surface area contributed by atoms with Gasteiger partial charge >= 0.3 is 0 Å². The van der Waals surface area contributed by atoms with Gasteiger partial charge in [-0.3, -0.25) is 9.59 Å². The van der Waals surface area contributed by atoms with Crippen molar-refractivity contribution in [1.82, 2.24) is 0 Å². The van der Waals surface area contributed by atoms with E-state index in [1.165, 1.54) is 11.8 Å². The zero-order valence-electron chi connectivity index (χ0n) is 13.8. The molecule has 2 aromatic rings. The van der Waals surface area contributed by atoms with E-state index in [0.29, 0.717) is 11.4 Å². The molecule has 5 nitrogen and oxygen atoms in total. The molecule has 0 aromatic heterocycles. The van der Waals surface area contributed by atoms with Gasteiger partial charge in [0.2, 0.25) is 11.8 Å². The van der Waals surface area contributed by atoms with Crippen molar-refractivity contribution in [3.63, 3.8) is 0 Å². The van der Waals surface area contributed by atoms with E-state index in [9.17, 15) is 9.59 Å². The number of methoxy groups -OCH3 is 1. The minimum absolute atomic E-state index is 0.0714. The monoisotopic (exact) mass is 390 g/mol. The molecular formula is C18H19BrN2O3. The van der Waals surface area contributed by atoms with Crippen molar-refractivity contribution in [2.24, 2.45) is 0 Å². The first-order valence-electron chi connectivity index (χ1n) is 7.39. The van der Waals surface area contributed by atoms with Gasteiger partial charge in [-0.25, -0.2) is 0 Å². The third kappa shape index (κ3) is 4.58. The molecule has 126 valence electrons. The lowest BCUT2D eigenvalue weighted by atomic mass is 10.2. The molecule has 0 unspecified atom stereocenters. The summed E-state index contributed by atoms with van der Waals surface area (Å²) < 4.78 is 6.11. The van der Waals surface area contributed by atoms with Crippen LogP contribution in [0, 0.1) is 6.92 Å². The fourth-order valence-electron chi connectivity index (χ4n) is 2.26. The summed E-state index contributed by atoms with van der Waals surface area (Å²) in [6.45, 7) is 3.26. The van der Waals surface area contributed by atoms with Gasteiger partial charge in [0.05, 0.1) is 7.11 Å². The van der Waals surface area contributed by atoms with Crippen molar-refractivity contribution >= 4 is 39.1 Å². The SMILES string of the molecule is COc1cccc(N(CC(=O)Nc2ccc(Br)cc2C)C(C)=O)c1. The van der Waals surface area contributed by atoms with Crippen LogP contribution < -0.4 is 15.0 Å². The van der Waals surface area contributed by atoms with E-state index in [4.69, 9.17) is 4.74 Å². The minimum atomic E-state index is -0.265. The molecule has 0 aliphatic rings. The number of amides is 2. The van der Waals surface area contributed by atoms with Gasteiger partial charge in [0, 0.05) is 28.8 Å². The first-order valence-corrected chi connectivity index (χ1v) is 8.18. The standard InChI is InChI=1S/C18H19BrN2O3/c1-12-9-14(19)7-8-17(12)20-18(23)11-21(13(2)22)15-5-4-6-16(10-15)24-3/h4-10H,11H2,1-3H3,(H,20,23). The zero-order chi connectivity index (χ0) is 17.7. The molecule has 24 heavy (non-hydrogen) atoms. The van der Waals surface area contributed by atoms with Crippen LogP contribution >= 0.6 is 15.9 Å². The highest BCUT2D eigenvalue weighted by Gasteiger charge is 2.17. The predicted molar refractivity (Wildman–Crippen MR) is 98.5 cm³/mol. The molecule has 1 N–H and O–H groups in total. The molecular weight excluding hydrogens is 372 g/mol. The van der Waals surface area contributed by atoms with Crippen molar-refractivity contribution in [2.45, 2.75) is 13.8 Å². The quantitative estimate of drug-likeness (QED) is 0.845. The molecule has 2 aromatic carbocycles. The third-order valence-electron chi connectivity index (χ3n) is 3.51. The van der Waals surface area contributed by atoms with Crippen molar-refractivity contribution in [3.8, 4) is 5.75 Å². The maximum atomic E-state index is 12.3. The Kier molecular flexibility index (Phi) is 5.98. The average molecular weight is 391 g/mol. The van der Waals surface area contributed by atoms with Crippen LogP contribution in [-0.4, -0.2) is 25.5 Å². The summed E-state index contributed by atoms with van der Waals surface area (Å²) >= 11 is 3.39. The Bertz CT molecular complexity index is 762. The highest BCUT2D eigenvalue weighted by Crippen LogP contribution is 2.22. The number of rotatable bonds is 5. The number of anilines is 2. The topological polar surface area (TPSA) is 58.6 Å². The number of nitrogens with zero attached hydrogens (tertiary/aromatic N) is 1. The number of ether oxygens (including phenoxy) is 1. The van der Waals surface area contributed by atoms with Crippen molar-refractivity contribution < 1.29 is 14.3 Å². The van der Waals surface area contributed by atoms with Gasteiger partial charge in [0.15, 0.2) is 0 Å². The molecule has 0 radical (unpaired) electrons. The van der Waals surface area contributed by atoms with Crippen molar-refractivity contribution in [1.29, 1.82) is 0 Å². The Morgan fingerprint density at radius 3 is 2.58 bits per heavy atom. The second kappa shape index (κ2) is 7.97. The number of hydrogen-bond donors (Lipinski definition) is 1. The first-order chi connectivity index (χ1) is 11.4. The van der Waals surface area contributed by atoms with Gasteiger partial charge in [0.1, 0.15) is 12.3 Å². The van der Waals surface area contributed by atoms with Gasteiger partial charge < -0.3 is 15.0 Å². The predicted octanol–water partition coefficient (Wildman–Crippen LogP) is 3.76. The Hall–Kier alpha value is -2.34. The summed E-state index contributed by atoms with van der Waals surface area (Å²) in [5, 5.41) is 2.84. The lowest BCUT2D eigenvalue weighted by Crippen LogP contribution is -2.36. The van der Waals surface area contributed by atoms with Crippen LogP contribution in [0.25, 0.3) is 0 Å². The minimum Gasteiger partial charge on any atom is -0.497 e. The normalized spacial score (nSPS) is 10.2. The molecule has 2 rings (SSSR count). The van der Waals surface area contributed by atoms with Gasteiger partial charge in [-0.05, 0) is 42.8 Å². The maximum Gasteiger partial charge on any atom is 0.244 e. The molecule has 0 heterocycles. The maximum absolute atomic E-state index is 12.3. The second-order valence-corrected chi connectivity index (χ2v) is 6.23. The molecule has 0 fully saturated rings.